The molecule has 0 radical (unpaired) electrons. The van der Waals surface area contributed by atoms with Gasteiger partial charge in [-0.3, -0.25) is 4.79 Å². The lowest BCUT2D eigenvalue weighted by atomic mass is 10.0. The van der Waals surface area contributed by atoms with Gasteiger partial charge in [0.1, 0.15) is 23.8 Å². The van der Waals surface area contributed by atoms with E-state index in [1.54, 1.807) is 48.9 Å². The van der Waals surface area contributed by atoms with Gasteiger partial charge in [0, 0.05) is 24.2 Å². The minimum absolute atomic E-state index is 0.0957. The molecule has 0 bridgehead atoms. The molecule has 1 aliphatic heterocycles. The lowest BCUT2D eigenvalue weighted by molar-refractivity contribution is 0.0880. The summed E-state index contributed by atoms with van der Waals surface area (Å²) in [4.78, 5) is 16.9. The van der Waals surface area contributed by atoms with Crippen LogP contribution in [0.3, 0.4) is 0 Å². The van der Waals surface area contributed by atoms with Gasteiger partial charge in [-0.25, -0.2) is 13.4 Å². The summed E-state index contributed by atoms with van der Waals surface area (Å²) < 4.78 is 34.9. The molecule has 4 rings (SSSR count). The number of ether oxygens (including phenoxy) is 1. The van der Waals surface area contributed by atoms with Crippen LogP contribution in [0.5, 0.6) is 5.75 Å². The van der Waals surface area contributed by atoms with Gasteiger partial charge in [-0.1, -0.05) is 12.1 Å². The largest absolute Gasteiger partial charge is 0.490 e. The van der Waals surface area contributed by atoms with Gasteiger partial charge in [0.05, 0.1) is 16.9 Å². The number of nitrogens with zero attached hydrogens (tertiary/aromatic N) is 3. The molecule has 0 saturated heterocycles. The molecular weight excluding hydrogens is 406 g/mol. The maximum absolute atomic E-state index is 12.7. The van der Waals surface area contributed by atoms with Crippen molar-refractivity contribution in [2.45, 2.75) is 25.1 Å². The second-order valence-corrected chi connectivity index (χ2v) is 9.36. The Morgan fingerprint density at radius 1 is 1.30 bits per heavy atom. The van der Waals surface area contributed by atoms with Crippen LogP contribution in [0.2, 0.25) is 0 Å². The van der Waals surface area contributed by atoms with E-state index in [2.05, 4.69) is 14.7 Å². The first-order valence-corrected chi connectivity index (χ1v) is 10.8. The van der Waals surface area contributed by atoms with E-state index in [-0.39, 0.29) is 24.1 Å². The molecule has 3 aromatic rings. The van der Waals surface area contributed by atoms with Crippen molar-refractivity contribution in [3.8, 4) is 5.75 Å². The molecule has 0 unspecified atom stereocenters. The fourth-order valence-electron chi connectivity index (χ4n) is 3.26. The van der Waals surface area contributed by atoms with E-state index in [4.69, 9.17) is 10.5 Å². The third-order valence-corrected chi connectivity index (χ3v) is 5.80. The number of nitrogens with one attached hydrogen (secondary N) is 1. The van der Waals surface area contributed by atoms with Crippen LogP contribution < -0.4 is 15.8 Å². The van der Waals surface area contributed by atoms with Crippen LogP contribution in [-0.2, 0) is 15.8 Å². The molecule has 0 saturated carbocycles. The quantitative estimate of drug-likeness (QED) is 0.635. The molecule has 3 N–H and O–H groups in total. The number of amidine groups is 1. The molecule has 1 aliphatic rings. The van der Waals surface area contributed by atoms with E-state index in [1.807, 2.05) is 18.2 Å². The number of benzene rings is 1. The van der Waals surface area contributed by atoms with Crippen LogP contribution in [0.1, 0.15) is 35.3 Å². The number of carbonyl (C=O) groups excluding carboxylic acids is 1. The van der Waals surface area contributed by atoms with Crippen molar-refractivity contribution in [2.75, 3.05) is 6.61 Å². The Labute approximate surface area is 173 Å². The van der Waals surface area contributed by atoms with Gasteiger partial charge in [-0.05, 0) is 37.6 Å². The van der Waals surface area contributed by atoms with E-state index in [1.165, 1.54) is 0 Å². The second-order valence-electron chi connectivity index (χ2n) is 7.73. The maximum Gasteiger partial charge on any atom is 0.259 e. The highest BCUT2D eigenvalue weighted by Gasteiger charge is 2.27. The fraction of sp³-hybridized carbons (Fsp3) is 0.250. The minimum Gasteiger partial charge on any atom is -0.490 e. The molecule has 156 valence electrons. The first-order valence-electron chi connectivity index (χ1n) is 9.22. The third kappa shape index (κ3) is 3.99. The number of rotatable bonds is 5. The summed E-state index contributed by atoms with van der Waals surface area (Å²) in [6, 6.07) is 8.50. The summed E-state index contributed by atoms with van der Waals surface area (Å²) in [5, 5.41) is 2.95. The molecule has 0 fully saturated rings. The van der Waals surface area contributed by atoms with Crippen molar-refractivity contribution in [3.63, 3.8) is 0 Å². The van der Waals surface area contributed by atoms with Crippen LogP contribution in [-0.4, -0.2) is 41.7 Å². The number of pyridine rings is 1. The number of imidazole rings is 1. The van der Waals surface area contributed by atoms with Crippen molar-refractivity contribution >= 4 is 27.4 Å². The smallest absolute Gasteiger partial charge is 0.259 e. The van der Waals surface area contributed by atoms with Gasteiger partial charge in [0.25, 0.3) is 15.9 Å². The number of sulfonamides is 1. The minimum atomic E-state index is -3.62. The zero-order valence-electron chi connectivity index (χ0n) is 16.5. The molecule has 9 nitrogen and oxygen atoms in total. The highest BCUT2D eigenvalue weighted by molar-refractivity contribution is 7.89. The first kappa shape index (κ1) is 19.9. The molecule has 3 heterocycles. The number of fused-ring (bicyclic) bond motifs is 2. The Bertz CT molecular complexity index is 1280. The van der Waals surface area contributed by atoms with Crippen LogP contribution >= 0.6 is 0 Å². The lowest BCUT2D eigenvalue weighted by Crippen LogP contribution is -2.48. The summed E-state index contributed by atoms with van der Waals surface area (Å²) in [6.45, 7) is 3.80. The summed E-state index contributed by atoms with van der Waals surface area (Å²) in [5.74, 6) is -0.154. The van der Waals surface area contributed by atoms with Crippen LogP contribution in [0, 0.1) is 0 Å². The summed E-state index contributed by atoms with van der Waals surface area (Å²) in [5.41, 5.74) is 7.33. The van der Waals surface area contributed by atoms with Crippen molar-refractivity contribution in [3.05, 3.63) is 65.6 Å². The fourth-order valence-corrected chi connectivity index (χ4v) is 4.35. The highest BCUT2D eigenvalue weighted by atomic mass is 32.2. The van der Waals surface area contributed by atoms with Crippen molar-refractivity contribution in [2.24, 2.45) is 10.1 Å². The standard InChI is InChI=1S/C20H21N5O4S/c1-20(2,23-19(26)13-6-8-25-9-7-22-16(25)10-13)12-29-15-5-3-4-14-11-30(27,28)24-18(21)17(14)15/h3-10H,11-12H2,1-2H3,(H2,21,24)(H,23,26). The topological polar surface area (TPSA) is 128 Å². The van der Waals surface area contributed by atoms with Gasteiger partial charge in [-0.2, -0.15) is 0 Å². The summed E-state index contributed by atoms with van der Waals surface area (Å²) >= 11 is 0. The average molecular weight is 427 g/mol. The summed E-state index contributed by atoms with van der Waals surface area (Å²) in [7, 11) is -3.62. The van der Waals surface area contributed by atoms with Crippen LogP contribution in [0.4, 0.5) is 0 Å². The van der Waals surface area contributed by atoms with Crippen molar-refractivity contribution in [1.82, 2.24) is 14.7 Å². The van der Waals surface area contributed by atoms with Gasteiger partial charge >= 0.3 is 0 Å². The molecule has 1 aromatic carbocycles. The van der Waals surface area contributed by atoms with Gasteiger partial charge in [0.15, 0.2) is 0 Å². The number of hydrogen-bond donors (Lipinski definition) is 2. The Morgan fingerprint density at radius 2 is 2.10 bits per heavy atom. The molecular formula is C20H21N5O4S. The zero-order valence-corrected chi connectivity index (χ0v) is 17.3. The SMILES string of the molecule is CC(C)(COc1cccc2c1C(N)=NS(=O)(=O)C2)NC(=O)c1ccn2ccnc2c1. The Hall–Kier alpha value is -3.40. The number of hydrogen-bond acceptors (Lipinski definition) is 6. The molecule has 0 aliphatic carbocycles. The van der Waals surface area contributed by atoms with E-state index in [9.17, 15) is 13.2 Å². The lowest BCUT2D eigenvalue weighted by Gasteiger charge is -2.27. The van der Waals surface area contributed by atoms with E-state index in [0.29, 0.717) is 28.1 Å². The summed E-state index contributed by atoms with van der Waals surface area (Å²) in [6.07, 6.45) is 5.23. The van der Waals surface area contributed by atoms with Crippen molar-refractivity contribution < 1.29 is 17.9 Å². The Morgan fingerprint density at radius 3 is 2.90 bits per heavy atom. The predicted molar refractivity (Wildman–Crippen MR) is 112 cm³/mol. The Kier molecular flexibility index (Phi) is 4.73. The maximum atomic E-state index is 12.7. The van der Waals surface area contributed by atoms with Crippen molar-refractivity contribution in [1.29, 1.82) is 0 Å². The Balaban J connectivity index is 1.49. The van der Waals surface area contributed by atoms with E-state index >= 15 is 0 Å². The molecule has 2 aromatic heterocycles. The molecule has 10 heteroatoms. The number of aromatic nitrogens is 2. The molecule has 30 heavy (non-hydrogen) atoms. The number of carbonyl (C=O) groups is 1. The molecule has 1 amide bonds. The number of amides is 1. The highest BCUT2D eigenvalue weighted by Crippen LogP contribution is 2.28. The van der Waals surface area contributed by atoms with Gasteiger partial charge in [-0.15, -0.1) is 4.40 Å². The number of nitrogens with two attached hydrogens (primary N) is 1. The molecule has 0 spiro atoms. The van der Waals surface area contributed by atoms with Gasteiger partial charge < -0.3 is 20.2 Å². The van der Waals surface area contributed by atoms with Gasteiger partial charge in [0.2, 0.25) is 0 Å². The van der Waals surface area contributed by atoms with Crippen LogP contribution in [0.15, 0.2) is 53.3 Å². The third-order valence-electron chi connectivity index (χ3n) is 4.64. The van der Waals surface area contributed by atoms with Crippen LogP contribution in [0.25, 0.3) is 5.65 Å². The van der Waals surface area contributed by atoms with E-state index < -0.39 is 15.6 Å². The predicted octanol–water partition coefficient (Wildman–Crippen LogP) is 1.47. The second kappa shape index (κ2) is 7.13. The normalized spacial score (nSPS) is 15.3. The van der Waals surface area contributed by atoms with E-state index in [0.717, 1.165) is 0 Å². The monoisotopic (exact) mass is 427 g/mol. The molecule has 0 atom stereocenters. The first-order chi connectivity index (χ1) is 14.1. The zero-order chi connectivity index (χ0) is 21.5. The average Bonchev–Trinajstić information content (AvgIpc) is 3.12.